The van der Waals surface area contributed by atoms with Gasteiger partial charge in [-0.25, -0.2) is 9.59 Å². The van der Waals surface area contributed by atoms with Crippen LogP contribution in [0.5, 0.6) is 5.75 Å². The van der Waals surface area contributed by atoms with Crippen LogP contribution in [0.25, 0.3) is 0 Å². The van der Waals surface area contributed by atoms with Gasteiger partial charge in [0.2, 0.25) is 35.4 Å². The number of amides is 8. The van der Waals surface area contributed by atoms with Crippen LogP contribution in [-0.2, 0) is 75.2 Å². The van der Waals surface area contributed by atoms with E-state index < -0.39 is 113 Å². The van der Waals surface area contributed by atoms with E-state index in [4.69, 9.17) is 30.6 Å². The van der Waals surface area contributed by atoms with Gasteiger partial charge in [0.1, 0.15) is 42.1 Å². The third kappa shape index (κ3) is 17.3. The Bertz CT molecular complexity index is 2540. The number of imide groups is 1. The lowest BCUT2D eigenvalue weighted by atomic mass is 9.83. The van der Waals surface area contributed by atoms with Crippen molar-refractivity contribution >= 4 is 70.8 Å². The first-order chi connectivity index (χ1) is 36.3. The molecule has 0 aliphatic carbocycles. The highest BCUT2D eigenvalue weighted by Crippen LogP contribution is 2.45. The Morgan fingerprint density at radius 2 is 1.51 bits per heavy atom. The number of methoxy groups -OCH3 is 1. The fourth-order valence-electron chi connectivity index (χ4n) is 8.65. The number of hydroxylamine groups is 2. The normalized spacial score (nSPS) is 23.2. The number of halogens is 1. The summed E-state index contributed by atoms with van der Waals surface area (Å²) < 4.78 is 17.7. The molecule has 9 atom stereocenters. The summed E-state index contributed by atoms with van der Waals surface area (Å²) in [7, 11) is 1.49. The zero-order chi connectivity index (χ0) is 56.9. The summed E-state index contributed by atoms with van der Waals surface area (Å²) in [6.07, 6.45) is 1.32. The van der Waals surface area contributed by atoms with Crippen molar-refractivity contribution in [3.8, 4) is 5.75 Å². The number of nitrogens with zero attached hydrogens (tertiary/aromatic N) is 1. The lowest BCUT2D eigenvalue weighted by Gasteiger charge is -2.34. The number of epoxide rings is 1. The average molecular weight is 1090 g/mol. The van der Waals surface area contributed by atoms with Gasteiger partial charge in [0.15, 0.2) is 0 Å². The molecule has 3 heterocycles. The first-order valence-corrected chi connectivity index (χ1v) is 26.5. The molecular weight excluding hydrogens is 1020 g/mol. The first kappa shape index (κ1) is 61.0. The van der Waals surface area contributed by atoms with E-state index in [2.05, 4.69) is 31.9 Å². The average Bonchev–Trinajstić information content (AvgIpc) is 4.11. The van der Waals surface area contributed by atoms with Crippen LogP contribution in [0.2, 0.25) is 5.02 Å². The van der Waals surface area contributed by atoms with Crippen molar-refractivity contribution in [2.45, 2.75) is 169 Å². The van der Waals surface area contributed by atoms with E-state index in [9.17, 15) is 47.9 Å². The maximum Gasteiger partial charge on any atom is 0.333 e. The van der Waals surface area contributed by atoms with E-state index >= 15 is 0 Å². The minimum atomic E-state index is -1.21. The van der Waals surface area contributed by atoms with Gasteiger partial charge < -0.3 is 50.9 Å². The van der Waals surface area contributed by atoms with Gasteiger partial charge in [-0.2, -0.15) is 0 Å². The molecular formula is C55H74ClN7O14. The number of nitrogens with one attached hydrogen (secondary N) is 6. The van der Waals surface area contributed by atoms with Crippen molar-refractivity contribution in [2.24, 2.45) is 23.2 Å². The highest BCUT2D eigenvalue weighted by Gasteiger charge is 2.48. The monoisotopic (exact) mass is 1090 g/mol. The first-order valence-electron chi connectivity index (χ1n) is 26.1. The summed E-state index contributed by atoms with van der Waals surface area (Å²) in [4.78, 5) is 135. The van der Waals surface area contributed by atoms with Gasteiger partial charge in [0, 0.05) is 57.0 Å². The zero-order valence-electron chi connectivity index (χ0n) is 45.5. The third-order valence-corrected chi connectivity index (χ3v) is 14.2. The minimum Gasteiger partial charge on any atom is -0.495 e. The van der Waals surface area contributed by atoms with Crippen LogP contribution in [0.3, 0.4) is 0 Å². The molecule has 8 amide bonds. The van der Waals surface area contributed by atoms with Crippen LogP contribution in [0.1, 0.15) is 130 Å². The number of benzene rings is 2. The number of hydrogen-bond acceptors (Lipinski definition) is 14. The zero-order valence-corrected chi connectivity index (χ0v) is 46.2. The fourth-order valence-corrected chi connectivity index (χ4v) is 8.93. The number of carbonyl (C=O) groups is 10. The Kier molecular flexibility index (Phi) is 21.7. The minimum absolute atomic E-state index is 0.0109. The number of hydrogen-bond donors (Lipinski definition) is 6. The van der Waals surface area contributed by atoms with Gasteiger partial charge in [-0.3, -0.25) is 38.4 Å². The van der Waals surface area contributed by atoms with Gasteiger partial charge in [0.25, 0.3) is 11.8 Å². The highest BCUT2D eigenvalue weighted by molar-refractivity contribution is 6.32. The van der Waals surface area contributed by atoms with Crippen LogP contribution in [0.4, 0.5) is 0 Å². The molecule has 6 N–H and O–H groups in total. The smallest absolute Gasteiger partial charge is 0.333 e. The van der Waals surface area contributed by atoms with Crippen molar-refractivity contribution in [3.63, 3.8) is 0 Å². The van der Waals surface area contributed by atoms with E-state index in [0.717, 1.165) is 11.1 Å². The highest BCUT2D eigenvalue weighted by atomic mass is 35.5. The molecule has 5 rings (SSSR count). The molecule has 2 aromatic carbocycles. The van der Waals surface area contributed by atoms with Gasteiger partial charge in [-0.15, -0.1) is 5.06 Å². The summed E-state index contributed by atoms with van der Waals surface area (Å²) in [6, 6.07) is 7.64. The van der Waals surface area contributed by atoms with Gasteiger partial charge in [-0.05, 0) is 87.3 Å². The second kappa shape index (κ2) is 27.4. The summed E-state index contributed by atoms with van der Waals surface area (Å²) in [5.41, 5.74) is 1.02. The SMILES string of the molecule is COc1ccc(C[C@H]2NC(=O)C=CC[C@@H]([C@H](C)[C@H]3O[C@@H]3c3ccc(CNC(=O)C(C)NC(=O)C(NC(=O)CCCC(=O)ON4C(=O)CCC4=O)C(C)C)cc3)OC(=O)[C@H](CC(C)C)NC(=O)C(C)(C)C(C)NC2=O)cc1Cl. The summed E-state index contributed by atoms with van der Waals surface area (Å²) >= 11 is 6.40. The molecule has 2 fully saturated rings. The lowest BCUT2D eigenvalue weighted by molar-refractivity contribution is -0.197. The molecule has 420 valence electrons. The van der Waals surface area contributed by atoms with Crippen molar-refractivity contribution in [1.82, 2.24) is 37.0 Å². The van der Waals surface area contributed by atoms with Crippen LogP contribution < -0.4 is 36.6 Å². The second-order valence-corrected chi connectivity index (χ2v) is 21.6. The van der Waals surface area contributed by atoms with Crippen molar-refractivity contribution in [3.05, 3.63) is 76.3 Å². The van der Waals surface area contributed by atoms with Crippen LogP contribution in [0, 0.1) is 23.2 Å². The fraction of sp³-hybridized carbons (Fsp3) is 0.564. The molecule has 0 radical (unpaired) electrons. The standard InChI is InChI=1S/C55H74ClN7O14/c1-29(2)25-39-53(72)75-40(13-11-14-42(64)60-38(27-35-19-22-41(74-10)37(56)26-35)51(70)59-33(7)55(8,9)54(73)61-39)31(5)48-49(76-48)36-20-17-34(18-21-36)28-57-50(69)32(6)58-52(71)47(30(3)4)62-43(65)15-12-16-46(68)77-63-44(66)23-24-45(63)67/h11,14,17-22,26,29-33,38-40,47-49H,12-13,15-16,23-25,27-28H2,1-10H3,(H,57,69)(H,58,71)(H,59,70)(H,60,64)(H,61,73)(H,62,65)/t31-,32?,33?,38+,39-,40-,47?,48+,49+/m0/s1. The Morgan fingerprint density at radius 3 is 2.13 bits per heavy atom. The molecule has 22 heteroatoms. The molecule has 0 aromatic heterocycles. The summed E-state index contributed by atoms with van der Waals surface area (Å²) in [6.45, 7) is 15.8. The summed E-state index contributed by atoms with van der Waals surface area (Å²) in [5.74, 6) is -6.18. The number of esters is 1. The van der Waals surface area contributed by atoms with Crippen LogP contribution in [0.15, 0.2) is 54.6 Å². The molecule has 0 saturated carbocycles. The van der Waals surface area contributed by atoms with Gasteiger partial charge in [-0.1, -0.05) is 82.6 Å². The van der Waals surface area contributed by atoms with Crippen LogP contribution >= 0.6 is 11.6 Å². The molecule has 3 aliphatic heterocycles. The molecule has 3 unspecified atom stereocenters. The molecule has 0 spiro atoms. The Balaban J connectivity index is 1.19. The predicted octanol–water partition coefficient (Wildman–Crippen LogP) is 4.12. The Labute approximate surface area is 454 Å². The molecule has 2 aromatic rings. The summed E-state index contributed by atoms with van der Waals surface area (Å²) in [5, 5.41) is 17.5. The topological polar surface area (TPSA) is 286 Å². The van der Waals surface area contributed by atoms with E-state index in [0.29, 0.717) is 21.4 Å². The van der Waals surface area contributed by atoms with E-state index in [1.54, 1.807) is 58.9 Å². The lowest BCUT2D eigenvalue weighted by Crippen LogP contribution is -2.58. The van der Waals surface area contributed by atoms with Crippen molar-refractivity contribution < 1.29 is 67.0 Å². The molecule has 0 bridgehead atoms. The Hall–Kier alpha value is -6.87. The Morgan fingerprint density at radius 1 is 0.844 bits per heavy atom. The molecule has 21 nitrogen and oxygen atoms in total. The van der Waals surface area contributed by atoms with E-state index in [1.165, 1.54) is 20.1 Å². The van der Waals surface area contributed by atoms with Gasteiger partial charge >= 0.3 is 11.9 Å². The number of rotatable bonds is 20. The largest absolute Gasteiger partial charge is 0.495 e. The second-order valence-electron chi connectivity index (χ2n) is 21.2. The molecule has 2 saturated heterocycles. The number of carbonyl (C=O) groups excluding carboxylic acids is 10. The van der Waals surface area contributed by atoms with Crippen molar-refractivity contribution in [1.29, 1.82) is 0 Å². The third-order valence-electron chi connectivity index (χ3n) is 13.9. The molecule has 77 heavy (non-hydrogen) atoms. The number of ether oxygens (including phenoxy) is 3. The maximum absolute atomic E-state index is 14.1. The van der Waals surface area contributed by atoms with Crippen LogP contribution in [-0.4, -0.2) is 114 Å². The maximum atomic E-state index is 14.1. The van der Waals surface area contributed by atoms with Gasteiger partial charge in [0.05, 0.1) is 23.7 Å². The van der Waals surface area contributed by atoms with E-state index in [1.807, 2.05) is 45.0 Å². The quantitative estimate of drug-likeness (QED) is 0.0618. The van der Waals surface area contributed by atoms with E-state index in [-0.39, 0.29) is 75.9 Å². The van der Waals surface area contributed by atoms with Crippen molar-refractivity contribution in [2.75, 3.05) is 7.11 Å². The number of cyclic esters (lactones) is 1. The predicted molar refractivity (Wildman–Crippen MR) is 281 cm³/mol. The molecule has 3 aliphatic rings.